The first-order valence-electron chi connectivity index (χ1n) is 5.03. The van der Waals surface area contributed by atoms with Gasteiger partial charge < -0.3 is 5.11 Å². The molecule has 0 fully saturated rings. The first-order chi connectivity index (χ1) is 7.08. The molecule has 15 heavy (non-hydrogen) atoms. The summed E-state index contributed by atoms with van der Waals surface area (Å²) in [5.74, 6) is -0.270. The van der Waals surface area contributed by atoms with Crippen molar-refractivity contribution in [2.24, 2.45) is 5.92 Å². The maximum Gasteiger partial charge on any atom is 0.317 e. The Morgan fingerprint density at radius 3 is 2.80 bits per heavy atom. The van der Waals surface area contributed by atoms with Crippen molar-refractivity contribution in [1.82, 2.24) is 4.90 Å². The van der Waals surface area contributed by atoms with Crippen molar-refractivity contribution in [2.45, 2.75) is 20.4 Å². The van der Waals surface area contributed by atoms with Crippen molar-refractivity contribution >= 4 is 17.3 Å². The third-order valence-corrected chi connectivity index (χ3v) is 2.70. The third kappa shape index (κ3) is 4.95. The zero-order valence-corrected chi connectivity index (χ0v) is 9.96. The average molecular weight is 227 g/mol. The quantitative estimate of drug-likeness (QED) is 0.810. The molecule has 1 rings (SSSR count). The molecule has 3 nitrogen and oxygen atoms in total. The molecule has 0 bridgehead atoms. The second-order valence-electron chi connectivity index (χ2n) is 4.09. The Kier molecular flexibility index (Phi) is 4.78. The molecule has 4 heteroatoms. The Bertz CT molecular complexity index is 296. The molecule has 0 spiro atoms. The van der Waals surface area contributed by atoms with Gasteiger partial charge in [-0.2, -0.15) is 11.3 Å². The van der Waals surface area contributed by atoms with Gasteiger partial charge in [0, 0.05) is 13.1 Å². The first-order valence-corrected chi connectivity index (χ1v) is 5.97. The normalized spacial score (nSPS) is 11.2. The van der Waals surface area contributed by atoms with Crippen molar-refractivity contribution in [2.75, 3.05) is 13.1 Å². The summed E-state index contributed by atoms with van der Waals surface area (Å²) in [4.78, 5) is 12.6. The van der Waals surface area contributed by atoms with Crippen LogP contribution >= 0.6 is 11.3 Å². The molecule has 1 N–H and O–H groups in total. The Labute approximate surface area is 94.3 Å². The van der Waals surface area contributed by atoms with Crippen molar-refractivity contribution in [1.29, 1.82) is 0 Å². The molecule has 1 aromatic heterocycles. The van der Waals surface area contributed by atoms with Crippen molar-refractivity contribution in [3.63, 3.8) is 0 Å². The first kappa shape index (κ1) is 12.2. The zero-order valence-electron chi connectivity index (χ0n) is 9.14. The van der Waals surface area contributed by atoms with Crippen LogP contribution in [0.4, 0.5) is 0 Å². The van der Waals surface area contributed by atoms with Crippen LogP contribution in [-0.4, -0.2) is 29.1 Å². The Hall–Kier alpha value is -0.870. The molecule has 0 aliphatic heterocycles. The highest BCUT2D eigenvalue weighted by atomic mass is 32.1. The van der Waals surface area contributed by atoms with E-state index in [1.54, 1.807) is 11.3 Å². The van der Waals surface area contributed by atoms with Crippen molar-refractivity contribution < 1.29 is 9.90 Å². The van der Waals surface area contributed by atoms with Gasteiger partial charge in [0.15, 0.2) is 0 Å². The highest BCUT2D eigenvalue weighted by molar-refractivity contribution is 7.07. The van der Waals surface area contributed by atoms with Gasteiger partial charge in [-0.1, -0.05) is 13.8 Å². The van der Waals surface area contributed by atoms with E-state index in [0.29, 0.717) is 5.92 Å². The molecule has 0 saturated carbocycles. The third-order valence-electron chi connectivity index (χ3n) is 1.97. The van der Waals surface area contributed by atoms with Crippen LogP contribution < -0.4 is 0 Å². The van der Waals surface area contributed by atoms with E-state index >= 15 is 0 Å². The second kappa shape index (κ2) is 5.88. The summed E-state index contributed by atoms with van der Waals surface area (Å²) in [5.41, 5.74) is 1.20. The summed E-state index contributed by atoms with van der Waals surface area (Å²) < 4.78 is 0. The fourth-order valence-corrected chi connectivity index (χ4v) is 2.19. The molecule has 1 aromatic rings. The van der Waals surface area contributed by atoms with Crippen LogP contribution in [-0.2, 0) is 11.3 Å². The average Bonchev–Trinajstić information content (AvgIpc) is 2.53. The van der Waals surface area contributed by atoms with Crippen LogP contribution in [0.15, 0.2) is 16.8 Å². The zero-order chi connectivity index (χ0) is 11.3. The van der Waals surface area contributed by atoms with Crippen LogP contribution in [0.25, 0.3) is 0 Å². The highest BCUT2D eigenvalue weighted by Gasteiger charge is 2.11. The summed E-state index contributed by atoms with van der Waals surface area (Å²) in [6, 6.07) is 2.04. The molecule has 0 radical (unpaired) electrons. The van der Waals surface area contributed by atoms with E-state index in [4.69, 9.17) is 5.11 Å². The van der Waals surface area contributed by atoms with Gasteiger partial charge in [-0.25, -0.2) is 0 Å². The number of carboxylic acid groups (broad SMARTS) is 1. The van der Waals surface area contributed by atoms with E-state index in [1.807, 2.05) is 16.3 Å². The van der Waals surface area contributed by atoms with Gasteiger partial charge in [0.2, 0.25) is 0 Å². The number of carboxylic acids is 1. The fraction of sp³-hybridized carbons (Fsp3) is 0.545. The Balaban J connectivity index is 2.52. The number of hydrogen-bond acceptors (Lipinski definition) is 3. The molecule has 0 unspecified atom stereocenters. The predicted octanol–water partition coefficient (Wildman–Crippen LogP) is 2.29. The van der Waals surface area contributed by atoms with Gasteiger partial charge in [0.25, 0.3) is 0 Å². The van der Waals surface area contributed by atoms with E-state index in [-0.39, 0.29) is 6.54 Å². The van der Waals surface area contributed by atoms with Gasteiger partial charge >= 0.3 is 5.97 Å². The fourth-order valence-electron chi connectivity index (χ4n) is 1.53. The number of nitrogens with zero attached hydrogens (tertiary/aromatic N) is 1. The summed E-state index contributed by atoms with van der Waals surface area (Å²) in [7, 11) is 0. The lowest BCUT2D eigenvalue weighted by atomic mass is 10.2. The van der Waals surface area contributed by atoms with Gasteiger partial charge in [-0.05, 0) is 28.3 Å². The molecule has 0 aliphatic rings. The van der Waals surface area contributed by atoms with E-state index in [2.05, 4.69) is 19.2 Å². The van der Waals surface area contributed by atoms with Crippen molar-refractivity contribution in [3.05, 3.63) is 22.4 Å². The van der Waals surface area contributed by atoms with Crippen molar-refractivity contribution in [3.8, 4) is 0 Å². The van der Waals surface area contributed by atoms with Gasteiger partial charge in [0.05, 0.1) is 6.54 Å². The number of carbonyl (C=O) groups is 1. The molecule has 0 amide bonds. The van der Waals surface area contributed by atoms with Crippen LogP contribution in [0.5, 0.6) is 0 Å². The molecule has 0 aromatic carbocycles. The van der Waals surface area contributed by atoms with Crippen LogP contribution in [0.1, 0.15) is 19.4 Å². The topological polar surface area (TPSA) is 40.5 Å². The minimum absolute atomic E-state index is 0.119. The van der Waals surface area contributed by atoms with E-state index in [0.717, 1.165) is 13.1 Å². The SMILES string of the molecule is CC(C)CN(CC(=O)O)Cc1ccsc1. The monoisotopic (exact) mass is 227 g/mol. The standard InChI is InChI=1S/C11H17NO2S/c1-9(2)5-12(7-11(13)14)6-10-3-4-15-8-10/h3-4,8-9H,5-7H2,1-2H3,(H,13,14). The van der Waals surface area contributed by atoms with E-state index in [9.17, 15) is 4.79 Å². The van der Waals surface area contributed by atoms with Gasteiger partial charge in [-0.15, -0.1) is 0 Å². The van der Waals surface area contributed by atoms with Gasteiger partial charge in [-0.3, -0.25) is 9.69 Å². The number of rotatable bonds is 6. The Morgan fingerprint density at radius 2 is 2.33 bits per heavy atom. The molecule has 0 aliphatic carbocycles. The lowest BCUT2D eigenvalue weighted by Crippen LogP contribution is -2.32. The molecule has 0 saturated heterocycles. The van der Waals surface area contributed by atoms with Crippen LogP contribution in [0, 0.1) is 5.92 Å². The summed E-state index contributed by atoms with van der Waals surface area (Å²) >= 11 is 1.65. The lowest BCUT2D eigenvalue weighted by Gasteiger charge is -2.21. The number of aliphatic carboxylic acids is 1. The summed E-state index contributed by atoms with van der Waals surface area (Å²) in [6.45, 7) is 5.87. The Morgan fingerprint density at radius 1 is 1.60 bits per heavy atom. The van der Waals surface area contributed by atoms with E-state index < -0.39 is 5.97 Å². The largest absolute Gasteiger partial charge is 0.480 e. The van der Waals surface area contributed by atoms with Crippen LogP contribution in [0.3, 0.4) is 0 Å². The second-order valence-corrected chi connectivity index (χ2v) is 4.87. The smallest absolute Gasteiger partial charge is 0.317 e. The lowest BCUT2D eigenvalue weighted by molar-refractivity contribution is -0.138. The number of thiophene rings is 1. The minimum Gasteiger partial charge on any atom is -0.480 e. The predicted molar refractivity (Wildman–Crippen MR) is 62.1 cm³/mol. The highest BCUT2D eigenvalue weighted by Crippen LogP contribution is 2.10. The summed E-state index contributed by atoms with van der Waals surface area (Å²) in [5, 5.41) is 12.9. The maximum atomic E-state index is 10.7. The summed E-state index contributed by atoms with van der Waals surface area (Å²) in [6.07, 6.45) is 0. The van der Waals surface area contributed by atoms with E-state index in [1.165, 1.54) is 5.56 Å². The number of hydrogen-bond donors (Lipinski definition) is 1. The molecular formula is C11H17NO2S. The maximum absolute atomic E-state index is 10.7. The molecule has 1 heterocycles. The van der Waals surface area contributed by atoms with Gasteiger partial charge in [0.1, 0.15) is 0 Å². The molecule has 0 atom stereocenters. The minimum atomic E-state index is -0.758. The molecular weight excluding hydrogens is 210 g/mol. The molecule has 84 valence electrons. The van der Waals surface area contributed by atoms with Crippen LogP contribution in [0.2, 0.25) is 0 Å².